The average Bonchev–Trinajstić information content (AvgIpc) is 2.97. The molecule has 0 aliphatic heterocycles. The first kappa shape index (κ1) is 10.9. The van der Waals surface area contributed by atoms with Crippen molar-refractivity contribution in [3.05, 3.63) is 29.3 Å². The molecule has 0 amide bonds. The van der Waals surface area contributed by atoms with Crippen LogP contribution in [0.3, 0.4) is 0 Å². The largest absolute Gasteiger partial charge is 0.310 e. The van der Waals surface area contributed by atoms with E-state index in [-0.39, 0.29) is 4.90 Å². The molecule has 0 unspecified atom stereocenters. The van der Waals surface area contributed by atoms with Crippen LogP contribution in [0.1, 0.15) is 18.4 Å². The molecule has 0 spiro atoms. The first-order valence-electron chi connectivity index (χ1n) is 4.96. The molecule has 1 aromatic rings. The molecule has 4 heteroatoms. The lowest BCUT2D eigenvalue weighted by Gasteiger charge is -2.06. The zero-order chi connectivity index (χ0) is 10.8. The van der Waals surface area contributed by atoms with Crippen molar-refractivity contribution in [1.82, 2.24) is 5.32 Å². The molecule has 1 aromatic carbocycles. The van der Waals surface area contributed by atoms with E-state index in [2.05, 4.69) is 5.32 Å². The van der Waals surface area contributed by atoms with Gasteiger partial charge in [0.05, 0.1) is 4.90 Å². The van der Waals surface area contributed by atoms with E-state index in [1.54, 1.807) is 6.26 Å². The smallest absolute Gasteiger partial charge is 0.140 e. The summed E-state index contributed by atoms with van der Waals surface area (Å²) in [6, 6.07) is 3.37. The number of rotatable bonds is 4. The lowest BCUT2D eigenvalue weighted by molar-refractivity contribution is 0.534. The second kappa shape index (κ2) is 4.49. The number of thioether (sulfide) groups is 1. The Morgan fingerprint density at radius 2 is 1.93 bits per heavy atom. The summed E-state index contributed by atoms with van der Waals surface area (Å²) in [5.41, 5.74) is 0.676. The SMILES string of the molecule is CSc1c(F)cc(CNC2CC2)cc1F. The highest BCUT2D eigenvalue weighted by molar-refractivity contribution is 7.98. The van der Waals surface area contributed by atoms with Gasteiger partial charge in [-0.2, -0.15) is 0 Å². The van der Waals surface area contributed by atoms with Gasteiger partial charge in [0, 0.05) is 12.6 Å². The zero-order valence-corrected chi connectivity index (χ0v) is 9.33. The van der Waals surface area contributed by atoms with Gasteiger partial charge in [-0.1, -0.05) is 0 Å². The molecular weight excluding hydrogens is 216 g/mol. The van der Waals surface area contributed by atoms with Crippen LogP contribution in [0.4, 0.5) is 8.78 Å². The van der Waals surface area contributed by atoms with Crippen molar-refractivity contribution in [2.45, 2.75) is 30.3 Å². The van der Waals surface area contributed by atoms with Crippen LogP contribution in [0.25, 0.3) is 0 Å². The minimum Gasteiger partial charge on any atom is -0.310 e. The zero-order valence-electron chi connectivity index (χ0n) is 8.52. The van der Waals surface area contributed by atoms with Gasteiger partial charge in [0.2, 0.25) is 0 Å². The Kier molecular flexibility index (Phi) is 3.26. The van der Waals surface area contributed by atoms with Crippen LogP contribution in [0.15, 0.2) is 17.0 Å². The molecule has 15 heavy (non-hydrogen) atoms. The van der Waals surface area contributed by atoms with Crippen molar-refractivity contribution in [3.8, 4) is 0 Å². The Hall–Kier alpha value is -0.610. The first-order chi connectivity index (χ1) is 7.20. The van der Waals surface area contributed by atoms with Crippen molar-refractivity contribution >= 4 is 11.8 Å². The fourth-order valence-corrected chi connectivity index (χ4v) is 1.97. The van der Waals surface area contributed by atoms with Gasteiger partial charge in [-0.05, 0) is 36.8 Å². The van der Waals surface area contributed by atoms with E-state index < -0.39 is 11.6 Å². The van der Waals surface area contributed by atoms with Gasteiger partial charge in [-0.25, -0.2) is 8.78 Å². The number of halogens is 2. The summed E-state index contributed by atoms with van der Waals surface area (Å²) in [6.45, 7) is 0.549. The summed E-state index contributed by atoms with van der Waals surface area (Å²) >= 11 is 1.10. The highest BCUT2D eigenvalue weighted by Gasteiger charge is 2.20. The van der Waals surface area contributed by atoms with E-state index in [9.17, 15) is 8.78 Å². The van der Waals surface area contributed by atoms with E-state index in [4.69, 9.17) is 0 Å². The van der Waals surface area contributed by atoms with Crippen LogP contribution in [0.5, 0.6) is 0 Å². The molecule has 0 saturated heterocycles. The number of hydrogen-bond donors (Lipinski definition) is 1. The number of nitrogens with one attached hydrogen (secondary N) is 1. The maximum atomic E-state index is 13.4. The molecule has 0 aromatic heterocycles. The highest BCUT2D eigenvalue weighted by atomic mass is 32.2. The number of benzene rings is 1. The van der Waals surface area contributed by atoms with Gasteiger partial charge >= 0.3 is 0 Å². The van der Waals surface area contributed by atoms with Crippen LogP contribution < -0.4 is 5.32 Å². The van der Waals surface area contributed by atoms with E-state index in [0.717, 1.165) is 11.8 Å². The molecule has 0 bridgehead atoms. The van der Waals surface area contributed by atoms with Crippen LogP contribution >= 0.6 is 11.8 Å². The summed E-state index contributed by atoms with van der Waals surface area (Å²) in [7, 11) is 0. The Morgan fingerprint density at radius 3 is 2.40 bits per heavy atom. The second-order valence-corrected chi connectivity index (χ2v) is 4.56. The Balaban J connectivity index is 2.10. The molecule has 0 radical (unpaired) electrons. The van der Waals surface area contributed by atoms with Gasteiger partial charge in [-0.3, -0.25) is 0 Å². The van der Waals surface area contributed by atoms with Crippen LogP contribution in [0, 0.1) is 11.6 Å². The van der Waals surface area contributed by atoms with Crippen molar-refractivity contribution in [3.63, 3.8) is 0 Å². The topological polar surface area (TPSA) is 12.0 Å². The van der Waals surface area contributed by atoms with Gasteiger partial charge in [0.25, 0.3) is 0 Å². The lowest BCUT2D eigenvalue weighted by Crippen LogP contribution is -2.15. The molecule has 1 aliphatic rings. The van der Waals surface area contributed by atoms with Crippen molar-refractivity contribution < 1.29 is 8.78 Å². The van der Waals surface area contributed by atoms with Gasteiger partial charge in [-0.15, -0.1) is 11.8 Å². The molecule has 0 heterocycles. The van der Waals surface area contributed by atoms with E-state index in [0.29, 0.717) is 18.2 Å². The molecule has 1 aliphatic carbocycles. The lowest BCUT2D eigenvalue weighted by atomic mass is 10.2. The molecular formula is C11H13F2NS. The molecule has 82 valence electrons. The minimum absolute atomic E-state index is 0.102. The quantitative estimate of drug-likeness (QED) is 0.797. The molecule has 0 atom stereocenters. The van der Waals surface area contributed by atoms with Gasteiger partial charge in [0.1, 0.15) is 11.6 Å². The normalized spacial score (nSPS) is 15.7. The molecule has 1 N–H and O–H groups in total. The predicted octanol–water partition coefficient (Wildman–Crippen LogP) is 2.94. The molecule has 2 rings (SSSR count). The maximum absolute atomic E-state index is 13.4. The minimum atomic E-state index is -0.463. The predicted molar refractivity (Wildman–Crippen MR) is 58.0 cm³/mol. The third-order valence-electron chi connectivity index (χ3n) is 2.43. The van der Waals surface area contributed by atoms with Gasteiger partial charge in [0.15, 0.2) is 0 Å². The van der Waals surface area contributed by atoms with Crippen LogP contribution in [-0.4, -0.2) is 12.3 Å². The maximum Gasteiger partial charge on any atom is 0.140 e. The van der Waals surface area contributed by atoms with Gasteiger partial charge < -0.3 is 5.32 Å². The fraction of sp³-hybridized carbons (Fsp3) is 0.455. The summed E-state index contributed by atoms with van der Waals surface area (Å²) < 4.78 is 26.7. The van der Waals surface area contributed by atoms with Crippen LogP contribution in [0.2, 0.25) is 0 Å². The van der Waals surface area contributed by atoms with Crippen molar-refractivity contribution in [2.75, 3.05) is 6.26 Å². The first-order valence-corrected chi connectivity index (χ1v) is 6.18. The third kappa shape index (κ3) is 2.69. The Labute approximate surface area is 92.3 Å². The van der Waals surface area contributed by atoms with E-state index in [1.807, 2.05) is 0 Å². The van der Waals surface area contributed by atoms with Crippen LogP contribution in [-0.2, 0) is 6.54 Å². The standard InChI is InChI=1S/C11H13F2NS/c1-15-11-9(12)4-7(5-10(11)13)6-14-8-2-3-8/h4-5,8,14H,2-3,6H2,1H3. The summed E-state index contributed by atoms with van der Waals surface area (Å²) in [4.78, 5) is 0.102. The molecule has 1 fully saturated rings. The van der Waals surface area contributed by atoms with E-state index >= 15 is 0 Å². The summed E-state index contributed by atoms with van der Waals surface area (Å²) in [6.07, 6.45) is 4.02. The van der Waals surface area contributed by atoms with Crippen molar-refractivity contribution in [1.29, 1.82) is 0 Å². The summed E-state index contributed by atoms with van der Waals surface area (Å²) in [5.74, 6) is -0.926. The Bertz CT molecular complexity index is 341. The third-order valence-corrected chi connectivity index (χ3v) is 3.23. The van der Waals surface area contributed by atoms with E-state index in [1.165, 1.54) is 25.0 Å². The molecule has 1 nitrogen and oxygen atoms in total. The summed E-state index contributed by atoms with van der Waals surface area (Å²) in [5, 5.41) is 3.22. The molecule has 1 saturated carbocycles. The Morgan fingerprint density at radius 1 is 1.33 bits per heavy atom. The fourth-order valence-electron chi connectivity index (χ4n) is 1.46. The highest BCUT2D eigenvalue weighted by Crippen LogP contribution is 2.25. The van der Waals surface area contributed by atoms with Crippen molar-refractivity contribution in [2.24, 2.45) is 0 Å². The average molecular weight is 229 g/mol. The second-order valence-electron chi connectivity index (χ2n) is 3.75. The monoisotopic (exact) mass is 229 g/mol. The number of hydrogen-bond acceptors (Lipinski definition) is 2.